The molecule has 0 aliphatic carbocycles. The fourth-order valence-electron chi connectivity index (χ4n) is 2.86. The summed E-state index contributed by atoms with van der Waals surface area (Å²) in [5, 5.41) is 2.95. The van der Waals surface area contributed by atoms with Gasteiger partial charge in [0, 0.05) is 42.6 Å². The molecule has 0 unspecified atom stereocenters. The Bertz CT molecular complexity index is 748. The minimum absolute atomic E-state index is 0.103. The maximum absolute atomic E-state index is 12.4. The van der Waals surface area contributed by atoms with E-state index in [1.54, 1.807) is 14.2 Å². The summed E-state index contributed by atoms with van der Waals surface area (Å²) in [6, 6.07) is 13.2. The number of ether oxygens (including phenoxy) is 2. The van der Waals surface area contributed by atoms with Crippen molar-refractivity contribution in [3.63, 3.8) is 0 Å². The molecule has 28 heavy (non-hydrogen) atoms. The molecule has 1 amide bonds. The predicted octanol–water partition coefficient (Wildman–Crippen LogP) is 3.96. The largest absolute Gasteiger partial charge is 0.493 e. The number of hydrogen-bond acceptors (Lipinski definition) is 4. The number of rotatable bonds is 11. The molecule has 2 aromatic carbocycles. The lowest BCUT2D eigenvalue weighted by atomic mass is 10.1. The van der Waals surface area contributed by atoms with Crippen LogP contribution in [-0.4, -0.2) is 51.5 Å². The van der Waals surface area contributed by atoms with Crippen LogP contribution in [0.2, 0.25) is 0 Å². The highest BCUT2D eigenvalue weighted by Gasteiger charge is 2.09. The van der Waals surface area contributed by atoms with Gasteiger partial charge in [0.2, 0.25) is 0 Å². The van der Waals surface area contributed by atoms with Crippen LogP contribution in [0.25, 0.3) is 0 Å². The average Bonchev–Trinajstić information content (AvgIpc) is 2.73. The fraction of sp³-hybridized carbons (Fsp3) is 0.381. The Morgan fingerprint density at radius 2 is 1.61 bits per heavy atom. The van der Waals surface area contributed by atoms with Gasteiger partial charge in [-0.05, 0) is 48.4 Å². The second-order valence-electron chi connectivity index (χ2n) is 6.11. The van der Waals surface area contributed by atoms with Crippen molar-refractivity contribution in [1.82, 2.24) is 5.32 Å². The molecule has 5 nitrogen and oxygen atoms in total. The first-order valence-electron chi connectivity index (χ1n) is 9.09. The molecule has 0 aliphatic heterocycles. The van der Waals surface area contributed by atoms with Gasteiger partial charge in [-0.15, -0.1) is 23.2 Å². The summed E-state index contributed by atoms with van der Waals surface area (Å²) in [5.74, 6) is 2.31. The molecule has 0 saturated carbocycles. The Labute approximate surface area is 176 Å². The first-order valence-corrected chi connectivity index (χ1v) is 10.2. The van der Waals surface area contributed by atoms with Gasteiger partial charge in [0.25, 0.3) is 5.91 Å². The smallest absolute Gasteiger partial charge is 0.251 e. The van der Waals surface area contributed by atoms with Crippen molar-refractivity contribution in [2.24, 2.45) is 0 Å². The molecule has 7 heteroatoms. The van der Waals surface area contributed by atoms with Crippen LogP contribution in [0, 0.1) is 0 Å². The third-order valence-electron chi connectivity index (χ3n) is 4.35. The quantitative estimate of drug-likeness (QED) is 0.554. The highest BCUT2D eigenvalue weighted by atomic mass is 35.5. The molecule has 1 N–H and O–H groups in total. The predicted molar refractivity (Wildman–Crippen MR) is 116 cm³/mol. The molecule has 0 heterocycles. The van der Waals surface area contributed by atoms with E-state index < -0.39 is 0 Å². The molecule has 0 atom stereocenters. The van der Waals surface area contributed by atoms with E-state index >= 15 is 0 Å². The molecule has 0 aromatic heterocycles. The van der Waals surface area contributed by atoms with E-state index in [4.69, 9.17) is 32.7 Å². The van der Waals surface area contributed by atoms with Crippen molar-refractivity contribution >= 4 is 34.8 Å². The van der Waals surface area contributed by atoms with Gasteiger partial charge in [-0.1, -0.05) is 6.07 Å². The molecule has 152 valence electrons. The summed E-state index contributed by atoms with van der Waals surface area (Å²) in [7, 11) is 3.21. The normalized spacial score (nSPS) is 10.4. The van der Waals surface area contributed by atoms with E-state index in [9.17, 15) is 4.79 Å². The molecule has 0 radical (unpaired) electrons. The monoisotopic (exact) mass is 424 g/mol. The van der Waals surface area contributed by atoms with Crippen molar-refractivity contribution in [1.29, 1.82) is 0 Å². The van der Waals surface area contributed by atoms with Gasteiger partial charge in [0.05, 0.1) is 14.2 Å². The lowest BCUT2D eigenvalue weighted by molar-refractivity contribution is 0.0954. The SMILES string of the molecule is COc1ccc(CCNC(=O)c2ccc(N(CCCl)CCCl)cc2)cc1OC. The summed E-state index contributed by atoms with van der Waals surface area (Å²) in [6.07, 6.45) is 0.698. The van der Waals surface area contributed by atoms with Crippen molar-refractivity contribution in [2.45, 2.75) is 6.42 Å². The summed E-state index contributed by atoms with van der Waals surface area (Å²) in [4.78, 5) is 14.5. The van der Waals surface area contributed by atoms with Crippen LogP contribution < -0.4 is 19.7 Å². The Kier molecular flexibility index (Phi) is 9.24. The maximum atomic E-state index is 12.4. The molecule has 0 aliphatic rings. The first kappa shape index (κ1) is 22.2. The third-order valence-corrected chi connectivity index (χ3v) is 4.69. The Morgan fingerprint density at radius 1 is 0.964 bits per heavy atom. The summed E-state index contributed by atoms with van der Waals surface area (Å²) >= 11 is 11.7. The number of carbonyl (C=O) groups is 1. The number of nitrogens with one attached hydrogen (secondary N) is 1. The number of carbonyl (C=O) groups excluding carboxylic acids is 1. The number of methoxy groups -OCH3 is 2. The minimum Gasteiger partial charge on any atom is -0.493 e. The highest BCUT2D eigenvalue weighted by Crippen LogP contribution is 2.27. The van der Waals surface area contributed by atoms with Gasteiger partial charge < -0.3 is 19.7 Å². The van der Waals surface area contributed by atoms with Gasteiger partial charge in [0.1, 0.15) is 0 Å². The Hall–Kier alpha value is -2.11. The number of halogens is 2. The average molecular weight is 425 g/mol. The van der Waals surface area contributed by atoms with Gasteiger partial charge in [-0.3, -0.25) is 4.79 Å². The standard InChI is InChI=1S/C21H26Cl2N2O3/c1-27-19-8-3-16(15-20(19)28-2)9-12-24-21(26)17-4-6-18(7-5-17)25(13-10-22)14-11-23/h3-8,15H,9-14H2,1-2H3,(H,24,26). The molecule has 2 aromatic rings. The minimum atomic E-state index is -0.103. The topological polar surface area (TPSA) is 50.8 Å². The summed E-state index contributed by atoms with van der Waals surface area (Å²) in [6.45, 7) is 1.96. The van der Waals surface area contributed by atoms with E-state index in [0.29, 0.717) is 54.9 Å². The number of nitrogens with zero attached hydrogens (tertiary/aromatic N) is 1. The van der Waals surface area contributed by atoms with Gasteiger partial charge in [-0.2, -0.15) is 0 Å². The molecule has 2 rings (SSSR count). The van der Waals surface area contributed by atoms with E-state index in [0.717, 1.165) is 11.3 Å². The van der Waals surface area contributed by atoms with Crippen LogP contribution in [0.4, 0.5) is 5.69 Å². The molecule has 0 spiro atoms. The number of amides is 1. The molecular formula is C21H26Cl2N2O3. The van der Waals surface area contributed by atoms with E-state index in [1.165, 1.54) is 0 Å². The van der Waals surface area contributed by atoms with Crippen molar-refractivity contribution in [3.05, 3.63) is 53.6 Å². The maximum Gasteiger partial charge on any atom is 0.251 e. The van der Waals surface area contributed by atoms with Crippen LogP contribution in [0.5, 0.6) is 11.5 Å². The van der Waals surface area contributed by atoms with E-state index in [2.05, 4.69) is 10.2 Å². The molecule has 0 fully saturated rings. The highest BCUT2D eigenvalue weighted by molar-refractivity contribution is 6.18. The molecule has 0 bridgehead atoms. The van der Waals surface area contributed by atoms with Crippen LogP contribution >= 0.6 is 23.2 Å². The zero-order valence-corrected chi connectivity index (χ0v) is 17.7. The van der Waals surface area contributed by atoms with Crippen molar-refractivity contribution in [3.8, 4) is 11.5 Å². The zero-order chi connectivity index (χ0) is 20.4. The van der Waals surface area contributed by atoms with Crippen LogP contribution in [-0.2, 0) is 6.42 Å². The van der Waals surface area contributed by atoms with Crippen LogP contribution in [0.1, 0.15) is 15.9 Å². The van der Waals surface area contributed by atoms with Gasteiger partial charge >= 0.3 is 0 Å². The van der Waals surface area contributed by atoms with Gasteiger partial charge in [-0.25, -0.2) is 0 Å². The van der Waals surface area contributed by atoms with Gasteiger partial charge in [0.15, 0.2) is 11.5 Å². The van der Waals surface area contributed by atoms with Crippen molar-refractivity contribution < 1.29 is 14.3 Å². The van der Waals surface area contributed by atoms with E-state index in [1.807, 2.05) is 42.5 Å². The number of anilines is 1. The Morgan fingerprint density at radius 3 is 2.18 bits per heavy atom. The number of benzene rings is 2. The molecule has 0 saturated heterocycles. The zero-order valence-electron chi connectivity index (χ0n) is 16.2. The lowest BCUT2D eigenvalue weighted by Gasteiger charge is -2.22. The Balaban J connectivity index is 1.91. The first-order chi connectivity index (χ1) is 13.6. The second kappa shape index (κ2) is 11.7. The van der Waals surface area contributed by atoms with Crippen LogP contribution in [0.15, 0.2) is 42.5 Å². The number of alkyl halides is 2. The summed E-state index contributed by atoms with van der Waals surface area (Å²) in [5.41, 5.74) is 2.68. The van der Waals surface area contributed by atoms with Crippen LogP contribution in [0.3, 0.4) is 0 Å². The fourth-order valence-corrected chi connectivity index (χ4v) is 3.26. The number of hydrogen-bond donors (Lipinski definition) is 1. The second-order valence-corrected chi connectivity index (χ2v) is 6.86. The van der Waals surface area contributed by atoms with Crippen molar-refractivity contribution in [2.75, 3.05) is 50.5 Å². The third kappa shape index (κ3) is 6.21. The van der Waals surface area contributed by atoms with E-state index in [-0.39, 0.29) is 5.91 Å². The molecular weight excluding hydrogens is 399 g/mol. The summed E-state index contributed by atoms with van der Waals surface area (Å²) < 4.78 is 10.5. The lowest BCUT2D eigenvalue weighted by Crippen LogP contribution is -2.28.